The Hall–Kier alpha value is -1.29. The largest absolute Gasteiger partial charge is 0.506 e. The lowest BCUT2D eigenvalue weighted by Crippen LogP contribution is -1.85. The van der Waals surface area contributed by atoms with Gasteiger partial charge in [-0.3, -0.25) is 0 Å². The first-order chi connectivity index (χ1) is 6.11. The van der Waals surface area contributed by atoms with E-state index in [0.29, 0.717) is 10.0 Å². The molecule has 0 atom stereocenters. The van der Waals surface area contributed by atoms with E-state index in [-0.39, 0.29) is 5.75 Å². The molecule has 68 valence electrons. The summed E-state index contributed by atoms with van der Waals surface area (Å²) in [5, 5.41) is 17.8. The molecule has 0 saturated heterocycles. The van der Waals surface area contributed by atoms with E-state index < -0.39 is 5.97 Å². The molecular formula is C9H7BrO3. The van der Waals surface area contributed by atoms with E-state index in [0.717, 1.165) is 6.08 Å². The summed E-state index contributed by atoms with van der Waals surface area (Å²) in [4.78, 5) is 10.2. The number of carboxylic acids is 1. The fraction of sp³-hybridized carbons (Fsp3) is 0. The maximum atomic E-state index is 10.2. The smallest absolute Gasteiger partial charge is 0.328 e. The van der Waals surface area contributed by atoms with E-state index in [4.69, 9.17) is 5.11 Å². The zero-order valence-electron chi connectivity index (χ0n) is 6.57. The van der Waals surface area contributed by atoms with Gasteiger partial charge >= 0.3 is 5.97 Å². The van der Waals surface area contributed by atoms with Gasteiger partial charge in [-0.2, -0.15) is 0 Å². The van der Waals surface area contributed by atoms with Gasteiger partial charge in [-0.1, -0.05) is 12.1 Å². The van der Waals surface area contributed by atoms with Crippen molar-refractivity contribution < 1.29 is 15.0 Å². The number of para-hydroxylation sites is 1. The Morgan fingerprint density at radius 3 is 2.77 bits per heavy atom. The number of carboxylic acid groups (broad SMARTS) is 1. The molecule has 1 aromatic rings. The first kappa shape index (κ1) is 9.80. The van der Waals surface area contributed by atoms with Crippen LogP contribution in [0.3, 0.4) is 0 Å². The molecule has 13 heavy (non-hydrogen) atoms. The van der Waals surface area contributed by atoms with Crippen LogP contribution in [0.1, 0.15) is 5.56 Å². The van der Waals surface area contributed by atoms with Crippen molar-refractivity contribution in [1.82, 2.24) is 0 Å². The molecule has 0 spiro atoms. The Bertz CT molecular complexity index is 358. The Kier molecular flexibility index (Phi) is 3.08. The van der Waals surface area contributed by atoms with E-state index in [1.807, 2.05) is 0 Å². The molecule has 3 nitrogen and oxygen atoms in total. The molecule has 0 heterocycles. The summed E-state index contributed by atoms with van der Waals surface area (Å²) in [6.07, 6.45) is 2.31. The number of aromatic hydroxyl groups is 1. The molecule has 0 bridgehead atoms. The molecule has 0 aliphatic rings. The van der Waals surface area contributed by atoms with Crippen LogP contribution in [0, 0.1) is 0 Å². The summed E-state index contributed by atoms with van der Waals surface area (Å²) in [5.74, 6) is -1.00. The second-order valence-corrected chi connectivity index (χ2v) is 3.20. The van der Waals surface area contributed by atoms with Gasteiger partial charge in [0.2, 0.25) is 0 Å². The maximum Gasteiger partial charge on any atom is 0.328 e. The van der Waals surface area contributed by atoms with E-state index in [1.54, 1.807) is 18.2 Å². The Labute approximate surface area is 83.5 Å². The molecule has 0 amide bonds. The van der Waals surface area contributed by atoms with E-state index in [2.05, 4.69) is 15.9 Å². The van der Waals surface area contributed by atoms with Gasteiger partial charge in [0.15, 0.2) is 0 Å². The number of phenolic OH excluding ortho intramolecular Hbond substituents is 1. The topological polar surface area (TPSA) is 57.5 Å². The van der Waals surface area contributed by atoms with Gasteiger partial charge in [0.1, 0.15) is 5.75 Å². The van der Waals surface area contributed by atoms with Crippen molar-refractivity contribution in [2.24, 2.45) is 0 Å². The number of aliphatic carboxylic acids is 1. The molecule has 1 aromatic carbocycles. The fourth-order valence-electron chi connectivity index (χ4n) is 0.828. The first-order valence-corrected chi connectivity index (χ1v) is 4.29. The highest BCUT2D eigenvalue weighted by atomic mass is 79.9. The predicted octanol–water partition coefficient (Wildman–Crippen LogP) is 2.25. The average molecular weight is 243 g/mol. The number of benzene rings is 1. The quantitative estimate of drug-likeness (QED) is 0.783. The molecule has 0 saturated carbocycles. The van der Waals surface area contributed by atoms with Gasteiger partial charge in [-0.25, -0.2) is 4.79 Å². The van der Waals surface area contributed by atoms with Gasteiger partial charge in [-0.15, -0.1) is 0 Å². The Morgan fingerprint density at radius 1 is 1.46 bits per heavy atom. The lowest BCUT2D eigenvalue weighted by molar-refractivity contribution is -0.131. The molecule has 0 unspecified atom stereocenters. The minimum Gasteiger partial charge on any atom is -0.506 e. The monoisotopic (exact) mass is 242 g/mol. The van der Waals surface area contributed by atoms with Crippen molar-refractivity contribution in [3.63, 3.8) is 0 Å². The van der Waals surface area contributed by atoms with Crippen LogP contribution in [0.2, 0.25) is 0 Å². The van der Waals surface area contributed by atoms with Gasteiger partial charge < -0.3 is 10.2 Å². The molecule has 0 aliphatic heterocycles. The second kappa shape index (κ2) is 4.09. The summed E-state index contributed by atoms with van der Waals surface area (Å²) >= 11 is 3.12. The molecular weight excluding hydrogens is 236 g/mol. The summed E-state index contributed by atoms with van der Waals surface area (Å²) in [6, 6.07) is 5.01. The van der Waals surface area contributed by atoms with Crippen LogP contribution < -0.4 is 0 Å². The van der Waals surface area contributed by atoms with Gasteiger partial charge in [0.05, 0.1) is 4.47 Å². The third kappa shape index (κ3) is 2.59. The molecule has 1 rings (SSSR count). The van der Waals surface area contributed by atoms with E-state index >= 15 is 0 Å². The molecule has 0 fully saturated rings. The van der Waals surface area contributed by atoms with Gasteiger partial charge in [0, 0.05) is 11.6 Å². The van der Waals surface area contributed by atoms with Crippen molar-refractivity contribution in [2.75, 3.05) is 0 Å². The number of hydrogen-bond acceptors (Lipinski definition) is 2. The van der Waals surface area contributed by atoms with Gasteiger partial charge in [0.25, 0.3) is 0 Å². The van der Waals surface area contributed by atoms with Crippen molar-refractivity contribution >= 4 is 28.0 Å². The van der Waals surface area contributed by atoms with Crippen LogP contribution in [0.5, 0.6) is 5.75 Å². The Morgan fingerprint density at radius 2 is 2.15 bits per heavy atom. The van der Waals surface area contributed by atoms with Crippen molar-refractivity contribution in [2.45, 2.75) is 0 Å². The summed E-state index contributed by atoms with van der Waals surface area (Å²) in [7, 11) is 0. The van der Waals surface area contributed by atoms with Crippen LogP contribution in [0.4, 0.5) is 0 Å². The number of phenols is 1. The summed E-state index contributed by atoms with van der Waals surface area (Å²) < 4.78 is 0.542. The van der Waals surface area contributed by atoms with Crippen LogP contribution in [0.15, 0.2) is 28.7 Å². The van der Waals surface area contributed by atoms with Crippen molar-refractivity contribution in [3.05, 3.63) is 34.3 Å². The number of rotatable bonds is 2. The van der Waals surface area contributed by atoms with Crippen LogP contribution in [-0.2, 0) is 4.79 Å². The lowest BCUT2D eigenvalue weighted by Gasteiger charge is -1.99. The highest BCUT2D eigenvalue weighted by molar-refractivity contribution is 9.10. The fourth-order valence-corrected chi connectivity index (χ4v) is 1.21. The Balaban J connectivity index is 3.02. The zero-order chi connectivity index (χ0) is 9.84. The molecule has 0 aliphatic carbocycles. The van der Waals surface area contributed by atoms with E-state index in [1.165, 1.54) is 6.08 Å². The van der Waals surface area contributed by atoms with Crippen molar-refractivity contribution in [3.8, 4) is 5.75 Å². The zero-order valence-corrected chi connectivity index (χ0v) is 8.15. The van der Waals surface area contributed by atoms with Gasteiger partial charge in [-0.05, 0) is 28.1 Å². The third-order valence-electron chi connectivity index (χ3n) is 1.42. The number of carbonyl (C=O) groups is 1. The molecule has 4 heteroatoms. The number of hydrogen-bond donors (Lipinski definition) is 2. The first-order valence-electron chi connectivity index (χ1n) is 3.50. The molecule has 0 radical (unpaired) electrons. The van der Waals surface area contributed by atoms with Crippen LogP contribution in [0.25, 0.3) is 6.08 Å². The third-order valence-corrected chi connectivity index (χ3v) is 2.06. The summed E-state index contributed by atoms with van der Waals surface area (Å²) in [6.45, 7) is 0. The molecule has 2 N–H and O–H groups in total. The van der Waals surface area contributed by atoms with Crippen LogP contribution >= 0.6 is 15.9 Å². The molecule has 0 aromatic heterocycles. The predicted molar refractivity (Wildman–Crippen MR) is 52.5 cm³/mol. The highest BCUT2D eigenvalue weighted by Crippen LogP contribution is 2.28. The summed E-state index contributed by atoms with van der Waals surface area (Å²) in [5.41, 5.74) is 0.469. The van der Waals surface area contributed by atoms with Crippen molar-refractivity contribution in [1.29, 1.82) is 0 Å². The lowest BCUT2D eigenvalue weighted by atomic mass is 10.2. The number of halogens is 1. The highest BCUT2D eigenvalue weighted by Gasteiger charge is 2.01. The minimum atomic E-state index is -1.04. The average Bonchev–Trinajstić information content (AvgIpc) is 2.07. The van der Waals surface area contributed by atoms with E-state index in [9.17, 15) is 9.90 Å². The SMILES string of the molecule is O=C(O)C=Cc1cccc(Br)c1O. The maximum absolute atomic E-state index is 10.2. The second-order valence-electron chi connectivity index (χ2n) is 2.35. The normalized spacial score (nSPS) is 10.5. The van der Waals surface area contributed by atoms with Crippen LogP contribution in [-0.4, -0.2) is 16.2 Å². The minimum absolute atomic E-state index is 0.0417. The standard InChI is InChI=1S/C9H7BrO3/c10-7-3-1-2-6(9(7)13)4-5-8(11)12/h1-5,13H,(H,11,12).